The van der Waals surface area contributed by atoms with E-state index in [0.29, 0.717) is 17.1 Å². The van der Waals surface area contributed by atoms with Crippen LogP contribution in [0.4, 0.5) is 0 Å². The maximum atomic E-state index is 11.9. The lowest BCUT2D eigenvalue weighted by molar-refractivity contribution is -0.141. The number of carbonyl (C=O) groups is 1. The average molecular weight is 306 g/mol. The van der Waals surface area contributed by atoms with Crippen molar-refractivity contribution in [3.05, 3.63) is 70.7 Å². The van der Waals surface area contributed by atoms with Crippen LogP contribution in [0.15, 0.2) is 54.6 Å². The molecular weight excluding hydrogens is 286 g/mol. The number of benzene rings is 2. The first-order valence-electron chi connectivity index (χ1n) is 7.56. The summed E-state index contributed by atoms with van der Waals surface area (Å²) >= 11 is 5.89. The van der Waals surface area contributed by atoms with Crippen molar-refractivity contribution in [3.63, 3.8) is 0 Å². The maximum absolute atomic E-state index is 11.9. The molecule has 0 fully saturated rings. The highest BCUT2D eigenvalue weighted by atomic mass is 35.5. The minimum atomic E-state index is -2.21. The molecule has 0 radical (unpaired) electrons. The molecule has 0 amide bonds. The Bertz CT molecular complexity index is 647. The Kier molecular flexibility index (Phi) is 4.79. The Morgan fingerprint density at radius 2 is 1.90 bits per heavy atom. The van der Waals surface area contributed by atoms with Crippen LogP contribution in [-0.4, -0.2) is 13.1 Å². The first kappa shape index (κ1) is 12.9. The third-order valence-electron chi connectivity index (χ3n) is 3.00. The predicted octanol–water partition coefficient (Wildman–Crippen LogP) is 3.73. The second-order valence-corrected chi connectivity index (χ2v) is 4.92. The Balaban J connectivity index is 2.27. The summed E-state index contributed by atoms with van der Waals surface area (Å²) < 4.78 is 20.9. The number of methoxy groups -OCH3 is 1. The van der Waals surface area contributed by atoms with Gasteiger partial charge in [0.05, 0.1) is 13.5 Å². The van der Waals surface area contributed by atoms with Crippen molar-refractivity contribution in [1.29, 1.82) is 0 Å². The molecule has 2 aromatic carbocycles. The Hall–Kier alpha value is -1.84. The molecule has 0 bridgehead atoms. The number of esters is 1. The van der Waals surface area contributed by atoms with E-state index in [2.05, 4.69) is 10.1 Å². The molecule has 1 N–H and O–H groups in total. The van der Waals surface area contributed by atoms with Gasteiger partial charge in [-0.3, -0.25) is 4.79 Å². The van der Waals surface area contributed by atoms with Crippen molar-refractivity contribution in [2.24, 2.45) is 0 Å². The molecule has 4 heteroatoms. The van der Waals surface area contributed by atoms with E-state index in [0.717, 1.165) is 5.56 Å². The van der Waals surface area contributed by atoms with Crippen LogP contribution in [0.3, 0.4) is 0 Å². The summed E-state index contributed by atoms with van der Waals surface area (Å²) in [5.74, 6) is -0.919. The molecule has 110 valence electrons. The van der Waals surface area contributed by atoms with Crippen LogP contribution in [0.1, 0.15) is 26.3 Å². The summed E-state index contributed by atoms with van der Waals surface area (Å²) in [4.78, 5) is 11.9. The summed E-state index contributed by atoms with van der Waals surface area (Å²) in [6, 6.07) is 15.5. The summed E-state index contributed by atoms with van der Waals surface area (Å²) in [5, 5.41) is 3.66. The zero-order valence-corrected chi connectivity index (χ0v) is 12.4. The fourth-order valence-electron chi connectivity index (χ4n) is 1.90. The smallest absolute Gasteiger partial charge is 0.307 e. The number of halogens is 1. The van der Waals surface area contributed by atoms with Gasteiger partial charge in [0.25, 0.3) is 0 Å². The minimum Gasteiger partial charge on any atom is -0.469 e. The number of hydrogen-bond donors (Lipinski definition) is 1. The Labute approximate surface area is 132 Å². The second-order valence-electron chi connectivity index (χ2n) is 4.49. The molecule has 2 rings (SSSR count). The summed E-state index contributed by atoms with van der Waals surface area (Å²) in [5.41, 5.74) is 1.62. The first-order valence-corrected chi connectivity index (χ1v) is 6.94. The van der Waals surface area contributed by atoms with Crippen LogP contribution in [0, 0.1) is 0 Å². The molecule has 1 atom stereocenters. The van der Waals surface area contributed by atoms with E-state index in [4.69, 9.17) is 14.3 Å². The van der Waals surface area contributed by atoms with Crippen molar-refractivity contribution in [3.8, 4) is 0 Å². The number of nitrogens with one attached hydrogen (secondary N) is 1. The van der Waals surface area contributed by atoms with E-state index in [1.54, 1.807) is 24.3 Å². The van der Waals surface area contributed by atoms with Crippen molar-refractivity contribution in [2.75, 3.05) is 7.11 Å². The molecule has 2 aromatic rings. The van der Waals surface area contributed by atoms with E-state index in [-0.39, 0.29) is 0 Å². The van der Waals surface area contributed by atoms with Gasteiger partial charge in [0.15, 0.2) is 0 Å². The lowest BCUT2D eigenvalue weighted by Crippen LogP contribution is -2.24. The van der Waals surface area contributed by atoms with E-state index < -0.39 is 18.4 Å². The molecular formula is C17H18ClNO2. The maximum Gasteiger partial charge on any atom is 0.307 e. The highest BCUT2D eigenvalue weighted by molar-refractivity contribution is 6.30. The number of rotatable bonds is 6. The number of ether oxygens (including phenoxy) is 1. The van der Waals surface area contributed by atoms with Crippen molar-refractivity contribution >= 4 is 17.6 Å². The molecule has 0 aliphatic rings. The second kappa shape index (κ2) is 7.81. The SMILES string of the molecule is [2H]C([2H])(C(=O)OC)C(NCc1ccccc1)c1ccc(Cl)cc1. The van der Waals surface area contributed by atoms with Crippen LogP contribution >= 0.6 is 11.6 Å². The molecule has 0 saturated heterocycles. The van der Waals surface area contributed by atoms with Gasteiger partial charge in [0.2, 0.25) is 0 Å². The van der Waals surface area contributed by atoms with Gasteiger partial charge in [-0.1, -0.05) is 54.1 Å². The fraction of sp³-hybridized carbons (Fsp3) is 0.235. The largest absolute Gasteiger partial charge is 0.469 e. The van der Waals surface area contributed by atoms with Gasteiger partial charge in [-0.15, -0.1) is 0 Å². The quantitative estimate of drug-likeness (QED) is 0.826. The zero-order valence-electron chi connectivity index (χ0n) is 13.7. The van der Waals surface area contributed by atoms with Gasteiger partial charge in [-0.2, -0.15) is 0 Å². The van der Waals surface area contributed by atoms with Crippen LogP contribution in [-0.2, 0) is 16.1 Å². The topological polar surface area (TPSA) is 38.3 Å². The Morgan fingerprint density at radius 3 is 2.52 bits per heavy atom. The summed E-state index contributed by atoms with van der Waals surface area (Å²) in [6.45, 7) is 0.421. The van der Waals surface area contributed by atoms with Crippen LogP contribution < -0.4 is 5.32 Å². The van der Waals surface area contributed by atoms with Crippen LogP contribution in [0.2, 0.25) is 5.02 Å². The zero-order chi connectivity index (χ0) is 16.9. The van der Waals surface area contributed by atoms with Gasteiger partial charge in [0, 0.05) is 20.4 Å². The molecule has 0 heterocycles. The third kappa shape index (κ3) is 4.88. The van der Waals surface area contributed by atoms with Gasteiger partial charge in [-0.05, 0) is 23.3 Å². The first-order chi connectivity index (χ1) is 10.9. The van der Waals surface area contributed by atoms with Crippen LogP contribution in [0.25, 0.3) is 0 Å². The summed E-state index contributed by atoms with van der Waals surface area (Å²) in [6.07, 6.45) is -2.21. The van der Waals surface area contributed by atoms with Crippen molar-refractivity contribution in [1.82, 2.24) is 5.32 Å². The lowest BCUT2D eigenvalue weighted by Gasteiger charge is -2.18. The van der Waals surface area contributed by atoms with E-state index >= 15 is 0 Å². The van der Waals surface area contributed by atoms with Gasteiger partial charge in [0.1, 0.15) is 0 Å². The molecule has 3 nitrogen and oxygen atoms in total. The normalized spacial score (nSPS) is 14.0. The third-order valence-corrected chi connectivity index (χ3v) is 3.26. The number of carbonyl (C=O) groups excluding carboxylic acids is 1. The monoisotopic (exact) mass is 305 g/mol. The molecule has 0 spiro atoms. The van der Waals surface area contributed by atoms with Crippen molar-refractivity contribution < 1.29 is 12.3 Å². The van der Waals surface area contributed by atoms with Crippen LogP contribution in [0.5, 0.6) is 0 Å². The molecule has 0 aliphatic heterocycles. The Morgan fingerprint density at radius 1 is 1.24 bits per heavy atom. The van der Waals surface area contributed by atoms with E-state index in [1.165, 1.54) is 7.11 Å². The lowest BCUT2D eigenvalue weighted by atomic mass is 10.0. The average Bonchev–Trinajstić information content (AvgIpc) is 2.56. The molecule has 0 aliphatic carbocycles. The van der Waals surface area contributed by atoms with E-state index in [9.17, 15) is 4.79 Å². The number of hydrogen-bond acceptors (Lipinski definition) is 3. The molecule has 0 aromatic heterocycles. The highest BCUT2D eigenvalue weighted by Crippen LogP contribution is 2.20. The van der Waals surface area contributed by atoms with Gasteiger partial charge < -0.3 is 10.1 Å². The van der Waals surface area contributed by atoms with Gasteiger partial charge >= 0.3 is 5.97 Å². The predicted molar refractivity (Wildman–Crippen MR) is 84.1 cm³/mol. The molecule has 21 heavy (non-hydrogen) atoms. The highest BCUT2D eigenvalue weighted by Gasteiger charge is 2.16. The van der Waals surface area contributed by atoms with Crippen molar-refractivity contribution in [2.45, 2.75) is 19.0 Å². The standard InChI is InChI=1S/C17H18ClNO2/c1-21-17(20)11-16(14-7-9-15(18)10-8-14)19-12-13-5-3-2-4-6-13/h2-10,16,19H,11-12H2,1H3/i11D2. The molecule has 0 saturated carbocycles. The fourth-order valence-corrected chi connectivity index (χ4v) is 2.03. The minimum absolute atomic E-state index is 0.421. The van der Waals surface area contributed by atoms with E-state index in [1.807, 2.05) is 30.3 Å². The van der Waals surface area contributed by atoms with Gasteiger partial charge in [-0.25, -0.2) is 0 Å². The summed E-state index contributed by atoms with van der Waals surface area (Å²) in [7, 11) is 1.18. The molecule has 1 unspecified atom stereocenters.